The third-order valence-corrected chi connectivity index (χ3v) is 5.16. The van der Waals surface area contributed by atoms with E-state index in [9.17, 15) is 4.79 Å². The Morgan fingerprint density at radius 3 is 2.50 bits per heavy atom. The van der Waals surface area contributed by atoms with Crippen molar-refractivity contribution in [2.24, 2.45) is 0 Å². The summed E-state index contributed by atoms with van der Waals surface area (Å²) in [7, 11) is 0. The van der Waals surface area contributed by atoms with Crippen LogP contribution in [0.5, 0.6) is 0 Å². The Bertz CT molecular complexity index is 1190. The molecule has 0 aliphatic rings. The number of anilines is 2. The third-order valence-electron chi connectivity index (χ3n) is 5.16. The molecule has 0 saturated carbocycles. The van der Waals surface area contributed by atoms with Crippen molar-refractivity contribution in [1.82, 2.24) is 10.3 Å². The fourth-order valence-electron chi connectivity index (χ4n) is 3.50. The van der Waals surface area contributed by atoms with E-state index in [4.69, 9.17) is 4.98 Å². The van der Waals surface area contributed by atoms with Crippen molar-refractivity contribution in [1.29, 1.82) is 0 Å². The lowest BCUT2D eigenvalue weighted by atomic mass is 10.1. The van der Waals surface area contributed by atoms with Gasteiger partial charge >= 0.3 is 0 Å². The Labute approximate surface area is 177 Å². The molecule has 0 aliphatic heterocycles. The molecule has 1 aromatic heterocycles. The summed E-state index contributed by atoms with van der Waals surface area (Å²) in [6.45, 7) is 4.70. The Morgan fingerprint density at radius 1 is 0.900 bits per heavy atom. The number of benzene rings is 3. The van der Waals surface area contributed by atoms with Crippen LogP contribution in [0, 0.1) is 13.8 Å². The zero-order valence-corrected chi connectivity index (χ0v) is 17.3. The maximum atomic E-state index is 13.0. The van der Waals surface area contributed by atoms with E-state index in [0.717, 1.165) is 28.6 Å². The van der Waals surface area contributed by atoms with Crippen molar-refractivity contribution in [3.8, 4) is 0 Å². The lowest BCUT2D eigenvalue weighted by molar-refractivity contribution is 0.0956. The molecule has 0 aliphatic carbocycles. The van der Waals surface area contributed by atoms with Gasteiger partial charge in [-0.05, 0) is 55.2 Å². The summed E-state index contributed by atoms with van der Waals surface area (Å²) in [5.74, 6) is 0.573. The maximum absolute atomic E-state index is 13.0. The summed E-state index contributed by atoms with van der Waals surface area (Å²) in [6.07, 6.45) is 0.795. The lowest BCUT2D eigenvalue weighted by Crippen LogP contribution is -2.26. The van der Waals surface area contributed by atoms with Crippen LogP contribution >= 0.6 is 0 Å². The van der Waals surface area contributed by atoms with Crippen molar-refractivity contribution in [2.45, 2.75) is 20.3 Å². The van der Waals surface area contributed by atoms with Crippen molar-refractivity contribution in [3.63, 3.8) is 0 Å². The van der Waals surface area contributed by atoms with Crippen LogP contribution in [0.15, 0.2) is 78.9 Å². The summed E-state index contributed by atoms with van der Waals surface area (Å²) in [5.41, 5.74) is 5.91. The predicted molar refractivity (Wildman–Crippen MR) is 123 cm³/mol. The number of aromatic nitrogens is 1. The number of amides is 1. The van der Waals surface area contributed by atoms with Crippen LogP contribution in [0.3, 0.4) is 0 Å². The number of aryl methyl sites for hydroxylation is 2. The molecule has 4 aromatic rings. The summed E-state index contributed by atoms with van der Waals surface area (Å²) < 4.78 is 0. The van der Waals surface area contributed by atoms with Crippen molar-refractivity contribution >= 4 is 28.3 Å². The van der Waals surface area contributed by atoms with E-state index in [-0.39, 0.29) is 5.91 Å². The number of nitrogens with zero attached hydrogens (tertiary/aromatic N) is 1. The van der Waals surface area contributed by atoms with Crippen molar-refractivity contribution in [3.05, 3.63) is 101 Å². The molecule has 0 spiro atoms. The highest BCUT2D eigenvalue weighted by molar-refractivity contribution is 6.07. The van der Waals surface area contributed by atoms with Gasteiger partial charge in [0.15, 0.2) is 0 Å². The Morgan fingerprint density at radius 2 is 1.67 bits per heavy atom. The van der Waals surface area contributed by atoms with E-state index < -0.39 is 0 Å². The average Bonchev–Trinajstić information content (AvgIpc) is 2.76. The molecule has 1 amide bonds. The van der Waals surface area contributed by atoms with Crippen LogP contribution in [0.4, 0.5) is 11.5 Å². The van der Waals surface area contributed by atoms with Gasteiger partial charge in [-0.2, -0.15) is 0 Å². The highest BCUT2D eigenvalue weighted by Gasteiger charge is 2.13. The number of pyridine rings is 1. The molecule has 0 unspecified atom stereocenters. The molecule has 0 radical (unpaired) electrons. The molecule has 0 saturated heterocycles. The van der Waals surface area contributed by atoms with E-state index in [1.165, 1.54) is 11.1 Å². The minimum atomic E-state index is -0.0893. The molecule has 150 valence electrons. The Kier molecular flexibility index (Phi) is 5.75. The minimum absolute atomic E-state index is 0.0893. The van der Waals surface area contributed by atoms with Crippen LogP contribution in [0.2, 0.25) is 0 Å². The minimum Gasteiger partial charge on any atom is -0.352 e. The number of carbonyl (C=O) groups excluding carboxylic acids is 1. The summed E-state index contributed by atoms with van der Waals surface area (Å²) in [5, 5.41) is 7.30. The first-order valence-electron chi connectivity index (χ1n) is 10.2. The molecule has 0 fully saturated rings. The monoisotopic (exact) mass is 395 g/mol. The number of carbonyl (C=O) groups is 1. The van der Waals surface area contributed by atoms with Gasteiger partial charge in [-0.15, -0.1) is 0 Å². The number of para-hydroxylation sites is 1. The molecule has 4 rings (SSSR count). The van der Waals surface area contributed by atoms with Crippen LogP contribution in [0.25, 0.3) is 10.9 Å². The van der Waals surface area contributed by atoms with Crippen LogP contribution < -0.4 is 10.6 Å². The number of nitrogens with one attached hydrogen (secondary N) is 2. The van der Waals surface area contributed by atoms with Crippen LogP contribution in [-0.4, -0.2) is 17.4 Å². The highest BCUT2D eigenvalue weighted by Crippen LogP contribution is 2.25. The lowest BCUT2D eigenvalue weighted by Gasteiger charge is -2.13. The Balaban J connectivity index is 1.59. The summed E-state index contributed by atoms with van der Waals surface area (Å²) in [6, 6.07) is 26.0. The molecular weight excluding hydrogens is 370 g/mol. The maximum Gasteiger partial charge on any atom is 0.252 e. The standard InChI is InChI=1S/C26H25N3O/c1-18-12-13-19(2)24(16-18)29-25-17-22(21-10-6-7-11-23(21)28-25)26(30)27-15-14-20-8-4-3-5-9-20/h3-13,16-17H,14-15H2,1-2H3,(H,27,30)(H,28,29). The SMILES string of the molecule is Cc1ccc(C)c(Nc2cc(C(=O)NCCc3ccccc3)c3ccccc3n2)c1. The second-order valence-corrected chi connectivity index (χ2v) is 7.51. The van der Waals surface area contributed by atoms with Crippen LogP contribution in [-0.2, 0) is 6.42 Å². The second kappa shape index (κ2) is 8.78. The largest absolute Gasteiger partial charge is 0.352 e. The van der Waals surface area contributed by atoms with Gasteiger partial charge in [0, 0.05) is 17.6 Å². The fourth-order valence-corrected chi connectivity index (χ4v) is 3.50. The van der Waals surface area contributed by atoms with Gasteiger partial charge in [0.25, 0.3) is 5.91 Å². The molecular formula is C26H25N3O. The molecule has 0 bridgehead atoms. The number of fused-ring (bicyclic) bond motifs is 1. The van der Waals surface area contributed by atoms with Gasteiger partial charge in [-0.1, -0.05) is 60.7 Å². The van der Waals surface area contributed by atoms with Gasteiger partial charge < -0.3 is 10.6 Å². The normalized spacial score (nSPS) is 10.7. The van der Waals surface area contributed by atoms with Gasteiger partial charge in [0.2, 0.25) is 0 Å². The number of rotatable bonds is 6. The third kappa shape index (κ3) is 4.49. The number of hydrogen-bond acceptors (Lipinski definition) is 3. The van der Waals surface area contributed by atoms with E-state index in [2.05, 4.69) is 54.8 Å². The van der Waals surface area contributed by atoms with Crippen molar-refractivity contribution in [2.75, 3.05) is 11.9 Å². The van der Waals surface area contributed by atoms with E-state index in [1.54, 1.807) is 0 Å². The predicted octanol–water partition coefficient (Wildman–Crippen LogP) is 5.57. The van der Waals surface area contributed by atoms with E-state index in [0.29, 0.717) is 17.9 Å². The summed E-state index contributed by atoms with van der Waals surface area (Å²) >= 11 is 0. The average molecular weight is 396 g/mol. The topological polar surface area (TPSA) is 54.0 Å². The second-order valence-electron chi connectivity index (χ2n) is 7.51. The number of hydrogen-bond donors (Lipinski definition) is 2. The van der Waals surface area contributed by atoms with Gasteiger partial charge in [-0.3, -0.25) is 4.79 Å². The van der Waals surface area contributed by atoms with E-state index in [1.807, 2.05) is 48.5 Å². The zero-order chi connectivity index (χ0) is 20.9. The zero-order valence-electron chi connectivity index (χ0n) is 17.3. The summed E-state index contributed by atoms with van der Waals surface area (Å²) in [4.78, 5) is 17.7. The first kappa shape index (κ1) is 19.6. The fraction of sp³-hybridized carbons (Fsp3) is 0.154. The highest BCUT2D eigenvalue weighted by atomic mass is 16.1. The van der Waals surface area contributed by atoms with Crippen molar-refractivity contribution < 1.29 is 4.79 Å². The molecule has 0 atom stereocenters. The molecule has 1 heterocycles. The van der Waals surface area contributed by atoms with Gasteiger partial charge in [0.05, 0.1) is 11.1 Å². The molecule has 30 heavy (non-hydrogen) atoms. The van der Waals surface area contributed by atoms with E-state index >= 15 is 0 Å². The van der Waals surface area contributed by atoms with Crippen LogP contribution in [0.1, 0.15) is 27.0 Å². The Hall–Kier alpha value is -3.66. The molecule has 4 heteroatoms. The first-order chi connectivity index (χ1) is 14.6. The smallest absolute Gasteiger partial charge is 0.252 e. The molecule has 4 nitrogen and oxygen atoms in total. The van der Waals surface area contributed by atoms with Gasteiger partial charge in [0.1, 0.15) is 5.82 Å². The quantitative estimate of drug-likeness (QED) is 0.449. The molecule has 3 aromatic carbocycles. The first-order valence-corrected chi connectivity index (χ1v) is 10.2. The molecule has 2 N–H and O–H groups in total. The van der Waals surface area contributed by atoms with Gasteiger partial charge in [-0.25, -0.2) is 4.98 Å².